The van der Waals surface area contributed by atoms with Crippen molar-refractivity contribution in [1.29, 1.82) is 0 Å². The zero-order valence-electron chi connectivity index (χ0n) is 8.36. The predicted molar refractivity (Wildman–Crippen MR) is 58.4 cm³/mol. The lowest BCUT2D eigenvalue weighted by atomic mass is 9.96. The summed E-state index contributed by atoms with van der Waals surface area (Å²) in [6.07, 6.45) is 3.21. The Hall–Kier alpha value is -1.16. The fraction of sp³-hybridized carbons (Fsp3) is 0.364. The van der Waals surface area contributed by atoms with E-state index >= 15 is 0 Å². The van der Waals surface area contributed by atoms with Crippen LogP contribution in [0, 0.1) is 0 Å². The van der Waals surface area contributed by atoms with Crippen LogP contribution < -0.4 is 0 Å². The maximum Gasteiger partial charge on any atom is 0.314 e. The third kappa shape index (κ3) is 1.59. The molecule has 1 fully saturated rings. The van der Waals surface area contributed by atoms with Crippen LogP contribution in [0.1, 0.15) is 18.4 Å². The minimum atomic E-state index is -0.793. The molecule has 0 unspecified atom stereocenters. The Kier molecular flexibility index (Phi) is 2.38. The van der Waals surface area contributed by atoms with Gasteiger partial charge in [-0.1, -0.05) is 6.07 Å². The molecule has 0 aliphatic heterocycles. The summed E-state index contributed by atoms with van der Waals surface area (Å²) in [5.74, 6) is -0.619. The number of phenols is 1. The molecule has 0 radical (unpaired) electrons. The summed E-state index contributed by atoms with van der Waals surface area (Å²) in [4.78, 5) is 11.8. The largest absolute Gasteiger partial charge is 0.507 e. The Balaban J connectivity index is 2.39. The molecule has 3 nitrogen and oxygen atoms in total. The fourth-order valence-electron chi connectivity index (χ4n) is 1.74. The number of thioether (sulfide) groups is 1. The summed E-state index contributed by atoms with van der Waals surface area (Å²) < 4.78 is 0. The van der Waals surface area contributed by atoms with E-state index in [1.807, 2.05) is 6.26 Å². The van der Waals surface area contributed by atoms with Crippen LogP contribution >= 0.6 is 11.8 Å². The number of carboxylic acid groups (broad SMARTS) is 1. The molecule has 1 aromatic rings. The van der Waals surface area contributed by atoms with Crippen molar-refractivity contribution in [1.82, 2.24) is 0 Å². The number of rotatable bonds is 3. The second-order valence-electron chi connectivity index (χ2n) is 3.77. The van der Waals surface area contributed by atoms with Crippen LogP contribution in [0.3, 0.4) is 0 Å². The number of phenolic OH excluding ortho intramolecular Hbond substituents is 1. The summed E-state index contributed by atoms with van der Waals surface area (Å²) >= 11 is 1.45. The maximum atomic E-state index is 11.1. The van der Waals surface area contributed by atoms with E-state index < -0.39 is 11.4 Å². The zero-order valence-corrected chi connectivity index (χ0v) is 9.17. The highest BCUT2D eigenvalue weighted by atomic mass is 32.2. The fourth-order valence-corrected chi connectivity index (χ4v) is 2.21. The average molecular weight is 224 g/mol. The van der Waals surface area contributed by atoms with E-state index in [2.05, 4.69) is 0 Å². The highest BCUT2D eigenvalue weighted by molar-refractivity contribution is 7.98. The van der Waals surface area contributed by atoms with Crippen LogP contribution in [0.15, 0.2) is 23.1 Å². The van der Waals surface area contributed by atoms with Crippen LogP contribution in [0.4, 0.5) is 0 Å². The number of carboxylic acids is 1. The quantitative estimate of drug-likeness (QED) is 0.773. The molecule has 0 atom stereocenters. The summed E-state index contributed by atoms with van der Waals surface area (Å²) in [7, 11) is 0. The van der Waals surface area contributed by atoms with Gasteiger partial charge in [0, 0.05) is 4.90 Å². The average Bonchev–Trinajstić information content (AvgIpc) is 2.98. The van der Waals surface area contributed by atoms with Gasteiger partial charge >= 0.3 is 5.97 Å². The van der Waals surface area contributed by atoms with Crippen molar-refractivity contribution in [3.8, 4) is 5.75 Å². The predicted octanol–water partition coefficient (Wildman–Crippen LogP) is 2.23. The maximum absolute atomic E-state index is 11.1. The van der Waals surface area contributed by atoms with Crippen molar-refractivity contribution in [2.24, 2.45) is 0 Å². The number of aliphatic carboxylic acids is 1. The van der Waals surface area contributed by atoms with Crippen molar-refractivity contribution in [2.45, 2.75) is 23.2 Å². The smallest absolute Gasteiger partial charge is 0.314 e. The molecule has 15 heavy (non-hydrogen) atoms. The van der Waals surface area contributed by atoms with E-state index in [1.54, 1.807) is 18.2 Å². The molecule has 0 saturated heterocycles. The Labute approximate surface area is 92.1 Å². The molecule has 1 aliphatic rings. The number of hydrogen-bond donors (Lipinski definition) is 2. The summed E-state index contributed by atoms with van der Waals surface area (Å²) in [6.45, 7) is 0. The van der Waals surface area contributed by atoms with Gasteiger partial charge in [0.25, 0.3) is 0 Å². The Morgan fingerprint density at radius 3 is 2.53 bits per heavy atom. The summed E-state index contributed by atoms with van der Waals surface area (Å²) in [6, 6.07) is 5.15. The lowest BCUT2D eigenvalue weighted by Crippen LogP contribution is -2.19. The monoisotopic (exact) mass is 224 g/mol. The van der Waals surface area contributed by atoms with Gasteiger partial charge in [0.15, 0.2) is 0 Å². The van der Waals surface area contributed by atoms with Crippen LogP contribution in [0.5, 0.6) is 5.75 Å². The van der Waals surface area contributed by atoms with E-state index in [1.165, 1.54) is 11.8 Å². The molecule has 0 amide bonds. The van der Waals surface area contributed by atoms with Crippen LogP contribution in [-0.4, -0.2) is 22.4 Å². The third-order valence-electron chi connectivity index (χ3n) is 2.89. The van der Waals surface area contributed by atoms with Gasteiger partial charge in [-0.3, -0.25) is 4.79 Å². The van der Waals surface area contributed by atoms with E-state index in [4.69, 9.17) is 5.11 Å². The Morgan fingerprint density at radius 2 is 2.13 bits per heavy atom. The molecule has 0 aromatic heterocycles. The molecule has 1 saturated carbocycles. The topological polar surface area (TPSA) is 57.5 Å². The molecule has 2 N–H and O–H groups in total. The van der Waals surface area contributed by atoms with Crippen molar-refractivity contribution in [3.05, 3.63) is 23.8 Å². The highest BCUT2D eigenvalue weighted by Crippen LogP contribution is 2.49. The van der Waals surface area contributed by atoms with Gasteiger partial charge in [0.05, 0.1) is 5.41 Å². The lowest BCUT2D eigenvalue weighted by molar-refractivity contribution is -0.140. The van der Waals surface area contributed by atoms with E-state index in [0.717, 1.165) is 4.90 Å². The number of hydrogen-bond acceptors (Lipinski definition) is 3. The number of carbonyl (C=O) groups is 1. The third-order valence-corrected chi connectivity index (χ3v) is 3.68. The van der Waals surface area contributed by atoms with Crippen molar-refractivity contribution < 1.29 is 15.0 Å². The standard InChI is InChI=1S/C11H12O3S/c1-15-9-3-2-7(6-8(9)12)11(4-5-11)10(13)14/h2-3,6,12H,4-5H2,1H3,(H,13,14). The molecule has 0 spiro atoms. The number of benzene rings is 1. The molecule has 80 valence electrons. The second-order valence-corrected chi connectivity index (χ2v) is 4.62. The molecular weight excluding hydrogens is 212 g/mol. The first-order valence-electron chi connectivity index (χ1n) is 4.71. The van der Waals surface area contributed by atoms with Gasteiger partial charge in [-0.2, -0.15) is 0 Å². The first kappa shape index (κ1) is 10.4. The minimum Gasteiger partial charge on any atom is -0.507 e. The Bertz CT molecular complexity index is 410. The zero-order chi connectivity index (χ0) is 11.1. The van der Waals surface area contributed by atoms with Gasteiger partial charge in [0.1, 0.15) is 5.75 Å². The van der Waals surface area contributed by atoms with Crippen LogP contribution in [-0.2, 0) is 10.2 Å². The van der Waals surface area contributed by atoms with Crippen molar-refractivity contribution in [2.75, 3.05) is 6.26 Å². The second kappa shape index (κ2) is 3.45. The SMILES string of the molecule is CSc1ccc(C2(C(=O)O)CC2)cc1O. The molecule has 0 heterocycles. The molecule has 2 rings (SSSR count). The lowest BCUT2D eigenvalue weighted by Gasteiger charge is -2.11. The molecular formula is C11H12O3S. The molecule has 1 aliphatic carbocycles. The first-order valence-corrected chi connectivity index (χ1v) is 5.93. The van der Waals surface area contributed by atoms with Crippen LogP contribution in [0.2, 0.25) is 0 Å². The van der Waals surface area contributed by atoms with E-state index in [0.29, 0.717) is 18.4 Å². The van der Waals surface area contributed by atoms with Gasteiger partial charge in [-0.15, -0.1) is 11.8 Å². The van der Waals surface area contributed by atoms with E-state index in [-0.39, 0.29) is 5.75 Å². The summed E-state index contributed by atoms with van der Waals surface area (Å²) in [5.41, 5.74) is -0.0145. The van der Waals surface area contributed by atoms with Gasteiger partial charge in [0.2, 0.25) is 0 Å². The summed E-state index contributed by atoms with van der Waals surface area (Å²) in [5, 5.41) is 18.7. The van der Waals surface area contributed by atoms with Gasteiger partial charge in [-0.05, 0) is 36.8 Å². The van der Waals surface area contributed by atoms with Crippen LogP contribution in [0.25, 0.3) is 0 Å². The molecule has 1 aromatic carbocycles. The highest BCUT2D eigenvalue weighted by Gasteiger charge is 2.51. The Morgan fingerprint density at radius 1 is 1.47 bits per heavy atom. The number of aromatic hydroxyl groups is 1. The minimum absolute atomic E-state index is 0.174. The first-order chi connectivity index (χ1) is 7.10. The van der Waals surface area contributed by atoms with E-state index in [9.17, 15) is 9.90 Å². The normalized spacial score (nSPS) is 17.4. The van der Waals surface area contributed by atoms with Gasteiger partial charge in [-0.25, -0.2) is 0 Å². The van der Waals surface area contributed by atoms with Crippen molar-refractivity contribution in [3.63, 3.8) is 0 Å². The van der Waals surface area contributed by atoms with Gasteiger partial charge < -0.3 is 10.2 Å². The molecule has 0 bridgehead atoms. The molecule has 4 heteroatoms. The van der Waals surface area contributed by atoms with Crippen molar-refractivity contribution >= 4 is 17.7 Å².